The molecule has 2 aliphatic rings. The molecule has 1 atom stereocenters. The Morgan fingerprint density at radius 3 is 2.47 bits per heavy atom. The van der Waals surface area contributed by atoms with E-state index in [1.165, 1.54) is 0 Å². The van der Waals surface area contributed by atoms with E-state index in [0.717, 1.165) is 26.2 Å². The number of nitrogens with one attached hydrogen (secondary N) is 1. The molecule has 1 N–H and O–H groups in total. The molecule has 0 bridgehead atoms. The van der Waals surface area contributed by atoms with Crippen molar-refractivity contribution >= 4 is 11.8 Å². The third kappa shape index (κ3) is 3.24. The maximum atomic E-state index is 11.3. The molecule has 2 heterocycles. The van der Waals surface area contributed by atoms with Crippen LogP contribution in [0.5, 0.6) is 0 Å². The molecular weight excluding hydrogens is 220 g/mol. The van der Waals surface area contributed by atoms with Gasteiger partial charge in [-0.2, -0.15) is 0 Å². The number of hydrogen-bond donors (Lipinski definition) is 1. The average Bonchev–Trinajstić information content (AvgIpc) is 2.22. The lowest BCUT2D eigenvalue weighted by Gasteiger charge is -2.40. The zero-order valence-electron chi connectivity index (χ0n) is 10.5. The van der Waals surface area contributed by atoms with Crippen LogP contribution in [0.2, 0.25) is 0 Å². The van der Waals surface area contributed by atoms with Crippen molar-refractivity contribution in [3.8, 4) is 0 Å². The Morgan fingerprint density at radius 1 is 1.18 bits per heavy atom. The fraction of sp³-hybridized carbons (Fsp3) is 0.818. The van der Waals surface area contributed by atoms with Crippen LogP contribution in [0, 0.1) is 0 Å². The van der Waals surface area contributed by atoms with Crippen LogP contribution < -0.4 is 5.32 Å². The summed E-state index contributed by atoms with van der Waals surface area (Å²) >= 11 is 0. The van der Waals surface area contributed by atoms with E-state index in [2.05, 4.69) is 29.2 Å². The highest BCUT2D eigenvalue weighted by molar-refractivity contribution is 5.99. The largest absolute Gasteiger partial charge is 0.303 e. The Labute approximate surface area is 102 Å². The van der Waals surface area contributed by atoms with Crippen molar-refractivity contribution < 1.29 is 9.59 Å². The fourth-order valence-electron chi connectivity index (χ4n) is 2.42. The van der Waals surface area contributed by atoms with Crippen LogP contribution in [0.15, 0.2) is 0 Å². The van der Waals surface area contributed by atoms with Gasteiger partial charge in [-0.05, 0) is 14.1 Å². The molecule has 2 rings (SSSR count). The summed E-state index contributed by atoms with van der Waals surface area (Å²) in [4.78, 5) is 29.1. The standard InChI is InChI=1S/C11H20N4O2/c1-13-3-4-14(2)9(5-13)6-15-7-10(16)12-11(17)8-15/h9H,3-8H2,1-2H3,(H,12,16,17). The average molecular weight is 240 g/mol. The summed E-state index contributed by atoms with van der Waals surface area (Å²) < 4.78 is 0. The lowest BCUT2D eigenvalue weighted by Crippen LogP contribution is -2.58. The number of rotatable bonds is 2. The second-order valence-corrected chi connectivity index (χ2v) is 5.04. The lowest BCUT2D eigenvalue weighted by atomic mass is 10.1. The van der Waals surface area contributed by atoms with Crippen molar-refractivity contribution in [3.63, 3.8) is 0 Å². The van der Waals surface area contributed by atoms with E-state index in [1.807, 2.05) is 4.90 Å². The van der Waals surface area contributed by atoms with Gasteiger partial charge >= 0.3 is 0 Å². The van der Waals surface area contributed by atoms with Crippen molar-refractivity contribution in [1.29, 1.82) is 0 Å². The molecular formula is C11H20N4O2. The van der Waals surface area contributed by atoms with Crippen molar-refractivity contribution in [2.45, 2.75) is 6.04 Å². The molecule has 0 radical (unpaired) electrons. The molecule has 0 aromatic carbocycles. The topological polar surface area (TPSA) is 55.9 Å². The molecule has 1 unspecified atom stereocenters. The van der Waals surface area contributed by atoms with Crippen molar-refractivity contribution in [2.24, 2.45) is 0 Å². The summed E-state index contributed by atoms with van der Waals surface area (Å²) in [7, 11) is 4.21. The zero-order valence-corrected chi connectivity index (χ0v) is 10.5. The van der Waals surface area contributed by atoms with Gasteiger partial charge in [0.05, 0.1) is 13.1 Å². The third-order valence-corrected chi connectivity index (χ3v) is 3.46. The Morgan fingerprint density at radius 2 is 1.82 bits per heavy atom. The minimum Gasteiger partial charge on any atom is -0.303 e. The molecule has 2 fully saturated rings. The Kier molecular flexibility index (Phi) is 3.76. The summed E-state index contributed by atoms with van der Waals surface area (Å²) in [5.41, 5.74) is 0. The molecule has 6 nitrogen and oxygen atoms in total. The van der Waals surface area contributed by atoms with Crippen LogP contribution in [0.1, 0.15) is 0 Å². The maximum Gasteiger partial charge on any atom is 0.240 e. The molecule has 0 aromatic heterocycles. The number of hydrogen-bond acceptors (Lipinski definition) is 5. The van der Waals surface area contributed by atoms with Gasteiger partial charge in [-0.3, -0.25) is 24.7 Å². The number of carbonyl (C=O) groups excluding carboxylic acids is 2. The second kappa shape index (κ2) is 5.12. The Bertz CT molecular complexity index is 305. The SMILES string of the molecule is CN1CCN(C)C(CN2CC(=O)NC(=O)C2)C1. The predicted molar refractivity (Wildman–Crippen MR) is 63.5 cm³/mol. The van der Waals surface area contributed by atoms with Gasteiger partial charge in [-0.25, -0.2) is 0 Å². The maximum absolute atomic E-state index is 11.3. The second-order valence-electron chi connectivity index (χ2n) is 5.04. The lowest BCUT2D eigenvalue weighted by molar-refractivity contribution is -0.136. The Balaban J connectivity index is 1.90. The van der Waals surface area contributed by atoms with E-state index in [0.29, 0.717) is 19.1 Å². The highest BCUT2D eigenvalue weighted by Crippen LogP contribution is 2.08. The number of carbonyl (C=O) groups is 2. The number of likely N-dealkylation sites (N-methyl/N-ethyl adjacent to an activating group) is 2. The molecule has 2 aliphatic heterocycles. The normalized spacial score (nSPS) is 29.4. The van der Waals surface area contributed by atoms with E-state index in [1.54, 1.807) is 0 Å². The molecule has 0 aliphatic carbocycles. The molecule has 2 amide bonds. The van der Waals surface area contributed by atoms with Gasteiger partial charge in [0, 0.05) is 32.2 Å². The minimum absolute atomic E-state index is 0.187. The van der Waals surface area contributed by atoms with Crippen LogP contribution in [0.3, 0.4) is 0 Å². The molecule has 6 heteroatoms. The van der Waals surface area contributed by atoms with Gasteiger partial charge < -0.3 is 4.90 Å². The summed E-state index contributed by atoms with van der Waals surface area (Å²) in [5, 5.41) is 2.32. The van der Waals surface area contributed by atoms with Gasteiger partial charge in [0.2, 0.25) is 11.8 Å². The smallest absolute Gasteiger partial charge is 0.240 e. The van der Waals surface area contributed by atoms with Crippen LogP contribution in [0.4, 0.5) is 0 Å². The molecule has 2 saturated heterocycles. The molecule has 0 aromatic rings. The predicted octanol–water partition coefficient (Wildman–Crippen LogP) is -1.81. The first-order valence-corrected chi connectivity index (χ1v) is 5.98. The minimum atomic E-state index is -0.187. The van der Waals surface area contributed by atoms with Crippen molar-refractivity contribution in [2.75, 3.05) is 53.4 Å². The first-order chi connectivity index (χ1) is 8.04. The monoisotopic (exact) mass is 240 g/mol. The van der Waals surface area contributed by atoms with Crippen LogP contribution >= 0.6 is 0 Å². The van der Waals surface area contributed by atoms with Gasteiger partial charge in [0.1, 0.15) is 0 Å². The van der Waals surface area contributed by atoms with E-state index >= 15 is 0 Å². The van der Waals surface area contributed by atoms with Crippen LogP contribution in [-0.2, 0) is 9.59 Å². The highest BCUT2D eigenvalue weighted by Gasteiger charge is 2.28. The molecule has 0 saturated carbocycles. The number of piperazine rings is 2. The fourth-order valence-corrected chi connectivity index (χ4v) is 2.42. The molecule has 0 spiro atoms. The van der Waals surface area contributed by atoms with E-state index in [9.17, 15) is 9.59 Å². The number of amides is 2. The summed E-state index contributed by atoms with van der Waals surface area (Å²) in [6.07, 6.45) is 0. The first kappa shape index (κ1) is 12.5. The summed E-state index contributed by atoms with van der Waals surface area (Å²) in [6.45, 7) is 4.55. The zero-order chi connectivity index (χ0) is 12.4. The van der Waals surface area contributed by atoms with Gasteiger partial charge in [-0.15, -0.1) is 0 Å². The Hall–Kier alpha value is -0.980. The summed E-state index contributed by atoms with van der Waals surface area (Å²) in [5.74, 6) is -0.374. The van der Waals surface area contributed by atoms with Gasteiger partial charge in [0.15, 0.2) is 0 Å². The van der Waals surface area contributed by atoms with Gasteiger partial charge in [0.25, 0.3) is 0 Å². The van der Waals surface area contributed by atoms with Crippen LogP contribution in [-0.4, -0.2) is 85.9 Å². The molecule has 17 heavy (non-hydrogen) atoms. The quantitative estimate of drug-likeness (QED) is 0.577. The molecule has 96 valence electrons. The van der Waals surface area contributed by atoms with Crippen LogP contribution in [0.25, 0.3) is 0 Å². The van der Waals surface area contributed by atoms with E-state index in [-0.39, 0.29) is 11.8 Å². The van der Waals surface area contributed by atoms with E-state index < -0.39 is 0 Å². The van der Waals surface area contributed by atoms with E-state index in [4.69, 9.17) is 0 Å². The first-order valence-electron chi connectivity index (χ1n) is 5.98. The van der Waals surface area contributed by atoms with Crippen molar-refractivity contribution in [1.82, 2.24) is 20.0 Å². The van der Waals surface area contributed by atoms with Gasteiger partial charge in [-0.1, -0.05) is 0 Å². The highest BCUT2D eigenvalue weighted by atomic mass is 16.2. The number of nitrogens with zero attached hydrogens (tertiary/aromatic N) is 3. The summed E-state index contributed by atoms with van der Waals surface area (Å²) in [6, 6.07) is 0.396. The van der Waals surface area contributed by atoms with Crippen molar-refractivity contribution in [3.05, 3.63) is 0 Å². The third-order valence-electron chi connectivity index (χ3n) is 3.46. The number of imide groups is 1.